The fourth-order valence-corrected chi connectivity index (χ4v) is 0. The van der Waals surface area contributed by atoms with Crippen LogP contribution in [0, 0.1) is 0 Å². The zero-order valence-electron chi connectivity index (χ0n) is 5.39. The van der Waals surface area contributed by atoms with Gasteiger partial charge in [-0.05, 0) is 0 Å². The second kappa shape index (κ2) is 17.3. The van der Waals surface area contributed by atoms with Crippen molar-refractivity contribution in [3.8, 4) is 0 Å². The third kappa shape index (κ3) is 186. The van der Waals surface area contributed by atoms with Gasteiger partial charge in [-0.1, -0.05) is 0 Å². The van der Waals surface area contributed by atoms with Gasteiger partial charge in [-0.3, -0.25) is 8.22 Å². The van der Waals surface area contributed by atoms with Gasteiger partial charge in [-0.25, -0.2) is 0 Å². The van der Waals surface area contributed by atoms with E-state index in [1.54, 1.807) is 0 Å². The summed E-state index contributed by atoms with van der Waals surface area (Å²) in [6.07, 6.45) is 0. The van der Waals surface area contributed by atoms with Crippen molar-refractivity contribution >= 4 is 18.5 Å². The maximum Gasteiger partial charge on any atom is 1.00 e. The minimum Gasteiger partial charge on any atom is -0.560 e. The van der Waals surface area contributed by atoms with Crippen LogP contribution >= 0.6 is 0 Å². The first-order valence-corrected chi connectivity index (χ1v) is 3.58. The molecule has 0 heterocycles. The Morgan fingerprint density at radius 1 is 1.00 bits per heavy atom. The van der Waals surface area contributed by atoms with Crippen LogP contribution in [0.2, 0.25) is 0 Å². The Bertz CT molecular complexity index is 79.3. The summed E-state index contributed by atoms with van der Waals surface area (Å²) in [5.74, 6) is 0. The average Bonchev–Trinajstić information content (AvgIpc) is 1.25. The first-order chi connectivity index (χ1) is 3.46. The van der Waals surface area contributed by atoms with E-state index >= 15 is 0 Å². The van der Waals surface area contributed by atoms with Crippen molar-refractivity contribution in [2.24, 2.45) is 0 Å². The van der Waals surface area contributed by atoms with E-state index in [9.17, 15) is 8.22 Å². The van der Waals surface area contributed by atoms with Crippen molar-refractivity contribution in [2.75, 3.05) is 0 Å². The van der Waals surface area contributed by atoms with Gasteiger partial charge in [0, 0.05) is 0 Å². The van der Waals surface area contributed by atoms with Gasteiger partial charge in [-0.15, -0.1) is 0 Å². The van der Waals surface area contributed by atoms with E-state index < -0.39 is 18.5 Å². The predicted octanol–water partition coefficient (Wildman–Crippen LogP) is -8.53. The minimum atomic E-state index is -3.88. The molecule has 0 aliphatic carbocycles. The summed E-state index contributed by atoms with van der Waals surface area (Å²) in [7, 11) is -7.76. The van der Waals surface area contributed by atoms with Crippen molar-refractivity contribution in [2.45, 2.75) is 0 Å². The molecule has 0 aromatic carbocycles. The molecular weight excluding hydrogens is 220 g/mol. The maximum atomic E-state index is 9.99. The van der Waals surface area contributed by atoms with E-state index in [4.69, 9.17) is 18.5 Å². The summed E-state index contributed by atoms with van der Waals surface area (Å²) in [6, 6.07) is 0. The quantitative estimate of drug-likeness (QED) is 0.300. The molecule has 48 valence electrons. The third-order valence-electron chi connectivity index (χ3n) is 0. The van der Waals surface area contributed by atoms with E-state index in [1.165, 1.54) is 0 Å². The van der Waals surface area contributed by atoms with Crippen molar-refractivity contribution in [1.29, 1.82) is 0 Å². The minimum absolute atomic E-state index is 0. The smallest absolute Gasteiger partial charge is 0.560 e. The van der Waals surface area contributed by atoms with Gasteiger partial charge in [0.05, 0.1) is 0 Å². The number of hydrogen-bond donors (Lipinski definition) is 0. The SMILES string of the molecule is O=[Si]([O-])F.O=[Si]([O-])F.[K+].[Na+]. The van der Waals surface area contributed by atoms with Gasteiger partial charge in [-0.2, -0.15) is 0 Å². The van der Waals surface area contributed by atoms with Crippen LogP contribution in [0.4, 0.5) is 8.22 Å². The van der Waals surface area contributed by atoms with Crippen LogP contribution in [0.5, 0.6) is 0 Å². The molecule has 0 bridgehead atoms. The Kier molecular flexibility index (Phi) is 39.3. The van der Waals surface area contributed by atoms with Crippen molar-refractivity contribution in [3.05, 3.63) is 0 Å². The second-order valence-electron chi connectivity index (χ2n) is 0.475. The Labute approximate surface area is 124 Å². The summed E-state index contributed by atoms with van der Waals surface area (Å²) >= 11 is 0. The average molecular weight is 220 g/mol. The Hall–Kier alpha value is 2.13. The van der Waals surface area contributed by atoms with Crippen LogP contribution in [0.25, 0.3) is 0 Å². The van der Waals surface area contributed by atoms with Crippen LogP contribution in [-0.4, -0.2) is 18.5 Å². The van der Waals surface area contributed by atoms with Gasteiger partial charge in [0.2, 0.25) is 0 Å². The summed E-state index contributed by atoms with van der Waals surface area (Å²) in [4.78, 5) is 16.8. The van der Waals surface area contributed by atoms with E-state index in [1.807, 2.05) is 0 Å². The molecule has 10 heavy (non-hydrogen) atoms. The molecule has 0 rings (SSSR count). The first kappa shape index (κ1) is 22.7. The second-order valence-corrected chi connectivity index (χ2v) is 1.43. The van der Waals surface area contributed by atoms with Gasteiger partial charge >= 0.3 is 99.5 Å². The Balaban J connectivity index is -0.0000000300. The van der Waals surface area contributed by atoms with E-state index in [-0.39, 0.29) is 80.9 Å². The maximum absolute atomic E-state index is 9.99. The molecular formula is F2KNaO4Si2. The van der Waals surface area contributed by atoms with E-state index in [2.05, 4.69) is 0 Å². The molecule has 0 N–H and O–H groups in total. The zero-order chi connectivity index (χ0) is 7.15. The Morgan fingerprint density at radius 3 is 1.00 bits per heavy atom. The van der Waals surface area contributed by atoms with Gasteiger partial charge in [0.1, 0.15) is 0 Å². The summed E-state index contributed by atoms with van der Waals surface area (Å²) in [6.45, 7) is 0. The molecule has 0 aliphatic heterocycles. The molecule has 0 saturated heterocycles. The monoisotopic (exact) mass is 220 g/mol. The molecule has 0 atom stereocenters. The Morgan fingerprint density at radius 2 is 1.00 bits per heavy atom. The summed E-state index contributed by atoms with van der Waals surface area (Å²) in [5, 5.41) is 0. The van der Waals surface area contributed by atoms with Crippen LogP contribution in [-0.2, 0) is 8.92 Å². The molecule has 0 amide bonds. The van der Waals surface area contributed by atoms with Crippen molar-refractivity contribution in [3.63, 3.8) is 0 Å². The molecule has 0 saturated carbocycles. The molecule has 0 radical (unpaired) electrons. The number of hydrogen-bond acceptors (Lipinski definition) is 4. The molecule has 0 aromatic heterocycles. The van der Waals surface area contributed by atoms with Crippen LogP contribution in [0.1, 0.15) is 0 Å². The first-order valence-electron chi connectivity index (χ1n) is 1.19. The summed E-state index contributed by atoms with van der Waals surface area (Å²) in [5.41, 5.74) is 0. The summed E-state index contributed by atoms with van der Waals surface area (Å²) < 4.78 is 36.8. The third-order valence-corrected chi connectivity index (χ3v) is 0. The predicted molar refractivity (Wildman–Crippen MR) is 15.1 cm³/mol. The van der Waals surface area contributed by atoms with Crippen LogP contribution < -0.4 is 90.5 Å². The topological polar surface area (TPSA) is 80.3 Å². The molecule has 4 nitrogen and oxygen atoms in total. The van der Waals surface area contributed by atoms with Gasteiger partial charge in [0.15, 0.2) is 0 Å². The van der Waals surface area contributed by atoms with Crippen molar-refractivity contribution in [1.82, 2.24) is 0 Å². The van der Waals surface area contributed by atoms with Crippen LogP contribution in [0.3, 0.4) is 0 Å². The van der Waals surface area contributed by atoms with E-state index in [0.29, 0.717) is 0 Å². The largest absolute Gasteiger partial charge is 1.00 e. The molecule has 0 aromatic rings. The molecule has 0 unspecified atom stereocenters. The van der Waals surface area contributed by atoms with E-state index in [0.717, 1.165) is 0 Å². The van der Waals surface area contributed by atoms with Crippen LogP contribution in [0.15, 0.2) is 0 Å². The normalized spacial score (nSPS) is 5.00. The fraction of sp³-hybridized carbons (Fsp3) is 0. The molecule has 10 heteroatoms. The van der Waals surface area contributed by atoms with Gasteiger partial charge in [0.25, 0.3) is 0 Å². The zero-order valence-corrected chi connectivity index (χ0v) is 12.5. The number of halogens is 2. The molecule has 0 spiro atoms. The standard InChI is InChI=1S/2FO2Si.K.Na/c2*1-4(2)3;;/q2*-1;2*+1. The molecule has 0 fully saturated rings. The fourth-order valence-electron chi connectivity index (χ4n) is 0. The number of rotatable bonds is 0. The van der Waals surface area contributed by atoms with Gasteiger partial charge < -0.3 is 18.5 Å². The molecule has 0 aliphatic rings. The van der Waals surface area contributed by atoms with Crippen molar-refractivity contribution < 1.29 is 108 Å².